The first-order valence-electron chi connectivity index (χ1n) is 5.61. The van der Waals surface area contributed by atoms with E-state index in [0.29, 0.717) is 12.3 Å². The largest absolute Gasteiger partial charge is 0.360 e. The number of nitrogens with zero attached hydrogens (tertiary/aromatic N) is 2. The van der Waals surface area contributed by atoms with Crippen molar-refractivity contribution in [2.75, 3.05) is 6.61 Å². The Bertz CT molecular complexity index is 399. The predicted octanol–water partition coefficient (Wildman–Crippen LogP) is 3.00. The Morgan fingerprint density at radius 2 is 2.18 bits per heavy atom. The fourth-order valence-corrected chi connectivity index (χ4v) is 2.79. The second-order valence-electron chi connectivity index (χ2n) is 5.28. The van der Waals surface area contributed by atoms with Crippen molar-refractivity contribution in [3.8, 4) is 0 Å². The monoisotopic (exact) mass is 366 g/mol. The van der Waals surface area contributed by atoms with Gasteiger partial charge in [-0.25, -0.2) is 4.68 Å². The highest BCUT2D eigenvalue weighted by Crippen LogP contribution is 2.11. The molecule has 1 aromatic heterocycles. The van der Waals surface area contributed by atoms with Gasteiger partial charge in [-0.15, -0.1) is 0 Å². The van der Waals surface area contributed by atoms with Gasteiger partial charge >= 0.3 is 0 Å². The van der Waals surface area contributed by atoms with Gasteiger partial charge < -0.3 is 4.74 Å². The third kappa shape index (κ3) is 5.30. The molecule has 96 valence electrons. The highest BCUT2D eigenvalue weighted by atomic mass is 127. The molecule has 0 fully saturated rings. The van der Waals surface area contributed by atoms with E-state index in [1.54, 1.807) is 17.8 Å². The van der Waals surface area contributed by atoms with E-state index in [2.05, 4.69) is 47.3 Å². The van der Waals surface area contributed by atoms with Gasteiger partial charge in [0.2, 0.25) is 0 Å². The smallest absolute Gasteiger partial charge is 0.164 e. The number of hydrogen-bond donors (Lipinski definition) is 0. The van der Waals surface area contributed by atoms with Crippen LogP contribution < -0.4 is 0 Å². The fraction of sp³-hybridized carbons (Fsp3) is 0.636. The Kier molecular flexibility index (Phi) is 5.33. The molecular weight excluding hydrogens is 347 g/mol. The third-order valence-electron chi connectivity index (χ3n) is 2.32. The number of carbonyl (C=O) groups is 1. The molecule has 1 rings (SSSR count). The quantitative estimate of drug-likeness (QED) is 0.337. The van der Waals surface area contributed by atoms with Gasteiger partial charge in [-0.05, 0) is 35.6 Å². The lowest BCUT2D eigenvalue weighted by Gasteiger charge is -2.15. The maximum absolute atomic E-state index is 11.2. The second-order valence-corrected chi connectivity index (χ2v) is 11.9. The summed E-state index contributed by atoms with van der Waals surface area (Å²) in [4.78, 5) is 11.2. The van der Waals surface area contributed by atoms with E-state index in [1.165, 1.54) is 0 Å². The molecule has 0 aromatic carbocycles. The molecule has 0 radical (unpaired) electrons. The third-order valence-corrected chi connectivity index (χ3v) is 4.82. The van der Waals surface area contributed by atoms with Gasteiger partial charge in [-0.2, -0.15) is 5.10 Å². The average Bonchev–Trinajstić information content (AvgIpc) is 2.53. The molecule has 0 aliphatic rings. The molecule has 0 unspecified atom stereocenters. The molecule has 4 nitrogen and oxygen atoms in total. The first kappa shape index (κ1) is 14.8. The molecule has 0 bridgehead atoms. The fourth-order valence-electron chi connectivity index (χ4n) is 1.24. The molecule has 1 heterocycles. The first-order chi connectivity index (χ1) is 7.79. The maximum atomic E-state index is 11.2. The standard InChI is InChI=1S/C11H19IN2O2Si/c1-9(15)10-7-14(13-11(10)12)8-16-5-6-17(2,3)4/h7H,5-6,8H2,1-4H3. The van der Waals surface area contributed by atoms with Crippen molar-refractivity contribution in [3.63, 3.8) is 0 Å². The van der Waals surface area contributed by atoms with Crippen LogP contribution in [0.1, 0.15) is 17.3 Å². The molecule has 0 N–H and O–H groups in total. The summed E-state index contributed by atoms with van der Waals surface area (Å²) >= 11 is 2.07. The Morgan fingerprint density at radius 1 is 1.53 bits per heavy atom. The van der Waals surface area contributed by atoms with Crippen LogP contribution in [0.5, 0.6) is 0 Å². The zero-order valence-corrected chi connectivity index (χ0v) is 13.9. The summed E-state index contributed by atoms with van der Waals surface area (Å²) in [5, 5.41) is 4.23. The van der Waals surface area contributed by atoms with Crippen LogP contribution in [-0.4, -0.2) is 30.2 Å². The van der Waals surface area contributed by atoms with Crippen molar-refractivity contribution < 1.29 is 9.53 Å². The van der Waals surface area contributed by atoms with E-state index in [1.807, 2.05) is 0 Å². The number of rotatable bonds is 6. The molecule has 0 spiro atoms. The highest BCUT2D eigenvalue weighted by molar-refractivity contribution is 14.1. The van der Waals surface area contributed by atoms with Gasteiger partial charge in [-0.3, -0.25) is 4.79 Å². The lowest BCUT2D eigenvalue weighted by atomic mass is 10.3. The van der Waals surface area contributed by atoms with E-state index in [-0.39, 0.29) is 5.78 Å². The van der Waals surface area contributed by atoms with Crippen LogP contribution in [0.3, 0.4) is 0 Å². The van der Waals surface area contributed by atoms with Crippen LogP contribution in [0.4, 0.5) is 0 Å². The summed E-state index contributed by atoms with van der Waals surface area (Å²) in [6.07, 6.45) is 1.75. The van der Waals surface area contributed by atoms with Gasteiger partial charge in [0.1, 0.15) is 10.4 Å². The molecule has 0 amide bonds. The van der Waals surface area contributed by atoms with Crippen molar-refractivity contribution in [1.29, 1.82) is 0 Å². The van der Waals surface area contributed by atoms with Crippen molar-refractivity contribution in [2.24, 2.45) is 0 Å². The Balaban J connectivity index is 2.43. The van der Waals surface area contributed by atoms with Crippen LogP contribution in [-0.2, 0) is 11.5 Å². The highest BCUT2D eigenvalue weighted by Gasteiger charge is 2.13. The van der Waals surface area contributed by atoms with Gasteiger partial charge in [0.15, 0.2) is 5.78 Å². The number of ether oxygens (including phenoxy) is 1. The minimum Gasteiger partial charge on any atom is -0.360 e. The summed E-state index contributed by atoms with van der Waals surface area (Å²) < 4.78 is 7.99. The van der Waals surface area contributed by atoms with E-state index < -0.39 is 8.07 Å². The number of Topliss-reactive ketones (excluding diaryl/α,β-unsaturated/α-hetero) is 1. The second kappa shape index (κ2) is 6.10. The van der Waals surface area contributed by atoms with E-state index in [4.69, 9.17) is 4.74 Å². The zero-order valence-electron chi connectivity index (χ0n) is 10.8. The van der Waals surface area contributed by atoms with Crippen molar-refractivity contribution in [3.05, 3.63) is 15.5 Å². The Labute approximate surface area is 117 Å². The number of carbonyl (C=O) groups excluding carboxylic acids is 1. The van der Waals surface area contributed by atoms with Gasteiger partial charge in [0.25, 0.3) is 0 Å². The van der Waals surface area contributed by atoms with Crippen LogP contribution in [0.2, 0.25) is 25.7 Å². The van der Waals surface area contributed by atoms with Crippen molar-refractivity contribution >= 4 is 36.4 Å². The predicted molar refractivity (Wildman–Crippen MR) is 79.1 cm³/mol. The lowest BCUT2D eigenvalue weighted by Crippen LogP contribution is -2.22. The minimum absolute atomic E-state index is 0.0442. The minimum atomic E-state index is -1.03. The lowest BCUT2D eigenvalue weighted by molar-refractivity contribution is 0.0782. The molecule has 0 saturated heterocycles. The number of ketones is 1. The number of halogens is 1. The molecule has 6 heteroatoms. The van der Waals surface area contributed by atoms with Crippen LogP contribution >= 0.6 is 22.6 Å². The average molecular weight is 366 g/mol. The topological polar surface area (TPSA) is 44.1 Å². The van der Waals surface area contributed by atoms with Crippen LogP contribution in [0.15, 0.2) is 6.20 Å². The molecule has 0 aliphatic heterocycles. The number of hydrogen-bond acceptors (Lipinski definition) is 3. The Hall–Kier alpha value is -0.213. The van der Waals surface area contributed by atoms with Gasteiger partial charge in [0, 0.05) is 20.9 Å². The molecule has 17 heavy (non-hydrogen) atoms. The normalized spacial score (nSPS) is 11.8. The summed E-state index contributed by atoms with van der Waals surface area (Å²) in [5.41, 5.74) is 0.666. The summed E-state index contributed by atoms with van der Waals surface area (Å²) in [5.74, 6) is 0.0442. The summed E-state index contributed by atoms with van der Waals surface area (Å²) in [7, 11) is -1.03. The van der Waals surface area contributed by atoms with E-state index in [0.717, 1.165) is 16.4 Å². The SMILES string of the molecule is CC(=O)c1cn(COCC[Si](C)(C)C)nc1I. The Morgan fingerprint density at radius 3 is 2.65 bits per heavy atom. The molecule has 0 saturated carbocycles. The zero-order chi connectivity index (χ0) is 13.1. The summed E-state index contributed by atoms with van der Waals surface area (Å²) in [6, 6.07) is 1.14. The van der Waals surface area contributed by atoms with Crippen LogP contribution in [0, 0.1) is 3.70 Å². The summed E-state index contributed by atoms with van der Waals surface area (Å²) in [6.45, 7) is 9.70. The van der Waals surface area contributed by atoms with Crippen molar-refractivity contribution in [1.82, 2.24) is 9.78 Å². The maximum Gasteiger partial charge on any atom is 0.164 e. The molecule has 0 aliphatic carbocycles. The van der Waals surface area contributed by atoms with Crippen LogP contribution in [0.25, 0.3) is 0 Å². The first-order valence-corrected chi connectivity index (χ1v) is 10.4. The molecular formula is C11H19IN2O2Si. The van der Waals surface area contributed by atoms with Gasteiger partial charge in [0.05, 0.1) is 5.56 Å². The van der Waals surface area contributed by atoms with Gasteiger partial charge in [-0.1, -0.05) is 19.6 Å². The molecule has 1 aromatic rings. The van der Waals surface area contributed by atoms with E-state index >= 15 is 0 Å². The van der Waals surface area contributed by atoms with E-state index in [9.17, 15) is 4.79 Å². The molecule has 0 atom stereocenters. The number of aromatic nitrogens is 2. The van der Waals surface area contributed by atoms with Crippen molar-refractivity contribution in [2.45, 2.75) is 39.3 Å².